The van der Waals surface area contributed by atoms with Crippen LogP contribution >= 0.6 is 23.2 Å². The first-order valence-corrected chi connectivity index (χ1v) is 14.3. The summed E-state index contributed by atoms with van der Waals surface area (Å²) in [5, 5.41) is 13.0. The Labute approximate surface area is 261 Å². The molecule has 1 unspecified atom stereocenters. The molecule has 13 heteroatoms. The van der Waals surface area contributed by atoms with Crippen molar-refractivity contribution in [3.05, 3.63) is 92.5 Å². The maximum atomic E-state index is 16.0. The number of aliphatic carboxylic acids is 1. The van der Waals surface area contributed by atoms with Crippen LogP contribution in [0.25, 0.3) is 0 Å². The van der Waals surface area contributed by atoms with Gasteiger partial charge < -0.3 is 26.8 Å². The van der Waals surface area contributed by atoms with E-state index in [0.717, 1.165) is 6.07 Å². The fourth-order valence-corrected chi connectivity index (χ4v) is 7.06. The summed E-state index contributed by atoms with van der Waals surface area (Å²) in [7, 11) is 0. The maximum Gasteiger partial charge on any atom is 0.327 e. The first-order valence-electron chi connectivity index (χ1n) is 13.5. The van der Waals surface area contributed by atoms with E-state index in [9.17, 15) is 24.3 Å². The number of carbonyl (C=O) groups is 4. The number of nitrogens with two attached hydrogens (primary N) is 2. The van der Waals surface area contributed by atoms with Crippen LogP contribution in [0.1, 0.15) is 65.0 Å². The summed E-state index contributed by atoms with van der Waals surface area (Å²) in [4.78, 5) is 54.2. The fraction of sp³-hybridized carbons (Fsp3) is 0.290. The van der Waals surface area contributed by atoms with Gasteiger partial charge in [0, 0.05) is 23.2 Å². The molecule has 4 atom stereocenters. The molecule has 230 valence electrons. The summed E-state index contributed by atoms with van der Waals surface area (Å²) >= 11 is 12.3. The minimum absolute atomic E-state index is 0.0449. The number of hydrogen-bond acceptors (Lipinski definition) is 5. The van der Waals surface area contributed by atoms with Crippen molar-refractivity contribution in [1.82, 2.24) is 0 Å². The number of primary amides is 2. The first-order chi connectivity index (χ1) is 20.5. The van der Waals surface area contributed by atoms with E-state index in [1.54, 1.807) is 0 Å². The van der Waals surface area contributed by atoms with E-state index in [-0.39, 0.29) is 50.1 Å². The first kappa shape index (κ1) is 31.2. The second-order valence-electron chi connectivity index (χ2n) is 12.2. The zero-order chi connectivity index (χ0) is 32.5. The van der Waals surface area contributed by atoms with Crippen LogP contribution in [0.5, 0.6) is 0 Å². The van der Waals surface area contributed by atoms with Gasteiger partial charge in [0.25, 0.3) is 5.91 Å². The van der Waals surface area contributed by atoms with Crippen molar-refractivity contribution < 1.29 is 33.1 Å². The third-order valence-corrected chi connectivity index (χ3v) is 8.88. The Bertz CT molecular complexity index is 1760. The molecule has 0 bridgehead atoms. The predicted molar refractivity (Wildman–Crippen MR) is 161 cm³/mol. The normalized spacial score (nSPS) is 22.7. The summed E-state index contributed by atoms with van der Waals surface area (Å²) in [6.07, 6.45) is 0.0611. The quantitative estimate of drug-likeness (QED) is 0.288. The van der Waals surface area contributed by atoms with Gasteiger partial charge in [0.2, 0.25) is 11.8 Å². The van der Waals surface area contributed by atoms with Crippen molar-refractivity contribution in [2.75, 3.05) is 10.2 Å². The smallest absolute Gasteiger partial charge is 0.327 e. The topological polar surface area (TPSA) is 156 Å². The number of carboxylic acid groups (broad SMARTS) is 1. The molecule has 0 aromatic heterocycles. The molecular weight excluding hydrogens is 617 g/mol. The molecule has 5 rings (SSSR count). The number of nitrogens with zero attached hydrogens (tertiary/aromatic N) is 1. The average molecular weight is 645 g/mol. The summed E-state index contributed by atoms with van der Waals surface area (Å²) in [5.74, 6) is -7.50. The highest BCUT2D eigenvalue weighted by Crippen LogP contribution is 2.61. The molecule has 3 aromatic carbocycles. The largest absolute Gasteiger partial charge is 0.480 e. The number of halogens is 4. The lowest BCUT2D eigenvalue weighted by molar-refractivity contribution is -0.139. The van der Waals surface area contributed by atoms with Gasteiger partial charge in [0.15, 0.2) is 0 Å². The second kappa shape index (κ2) is 10.7. The van der Waals surface area contributed by atoms with Crippen molar-refractivity contribution >= 4 is 58.3 Å². The molecule has 6 N–H and O–H groups in total. The molecule has 9 nitrogen and oxygen atoms in total. The van der Waals surface area contributed by atoms with Crippen molar-refractivity contribution in [3.8, 4) is 0 Å². The van der Waals surface area contributed by atoms with Crippen LogP contribution in [0.15, 0.2) is 48.5 Å². The van der Waals surface area contributed by atoms with E-state index >= 15 is 8.78 Å². The van der Waals surface area contributed by atoms with Gasteiger partial charge in [0.05, 0.1) is 21.3 Å². The van der Waals surface area contributed by atoms with Crippen LogP contribution in [-0.4, -0.2) is 40.9 Å². The average Bonchev–Trinajstić information content (AvgIpc) is 3.36. The highest BCUT2D eigenvalue weighted by atomic mass is 35.5. The Kier molecular flexibility index (Phi) is 7.62. The molecule has 1 fully saturated rings. The summed E-state index contributed by atoms with van der Waals surface area (Å²) in [6, 6.07) is 6.99. The zero-order valence-corrected chi connectivity index (χ0v) is 25.3. The number of carbonyl (C=O) groups excluding carboxylic acids is 3. The number of amides is 3. The third-order valence-electron chi connectivity index (χ3n) is 8.30. The molecule has 0 radical (unpaired) electrons. The minimum atomic E-state index is -1.99. The van der Waals surface area contributed by atoms with Crippen LogP contribution in [0.4, 0.5) is 20.2 Å². The number of benzene rings is 3. The summed E-state index contributed by atoms with van der Waals surface area (Å²) in [6.45, 7) is 5.52. The molecule has 1 spiro atoms. The minimum Gasteiger partial charge on any atom is -0.480 e. The molecule has 2 heterocycles. The second-order valence-corrected chi connectivity index (χ2v) is 13.0. The maximum absolute atomic E-state index is 16.0. The SMILES string of the molecule is CC(C)(C)C[C@H]1N(c2cc(C(N)=O)ccc2C(N)=O)[C@H](C(=O)O)[C@@H](c2cccc(Cl)c2F)C12C(=O)Nc1cc(Cl)c(F)cc12. The highest BCUT2D eigenvalue weighted by Gasteiger charge is 2.70. The van der Waals surface area contributed by atoms with Crippen molar-refractivity contribution in [1.29, 1.82) is 0 Å². The van der Waals surface area contributed by atoms with Gasteiger partial charge in [-0.2, -0.15) is 0 Å². The highest BCUT2D eigenvalue weighted by molar-refractivity contribution is 6.31. The molecule has 2 aliphatic heterocycles. The Morgan fingerprint density at radius 3 is 2.30 bits per heavy atom. The monoisotopic (exact) mass is 644 g/mol. The lowest BCUT2D eigenvalue weighted by Crippen LogP contribution is -2.51. The summed E-state index contributed by atoms with van der Waals surface area (Å²) < 4.78 is 31.3. The van der Waals surface area contributed by atoms with Gasteiger partial charge in [-0.15, -0.1) is 0 Å². The van der Waals surface area contributed by atoms with Crippen LogP contribution < -0.4 is 21.7 Å². The number of hydrogen-bond donors (Lipinski definition) is 4. The molecular formula is C31H28Cl2F2N4O5. The van der Waals surface area contributed by atoms with Crippen LogP contribution in [-0.2, 0) is 15.0 Å². The van der Waals surface area contributed by atoms with Crippen molar-refractivity contribution in [2.45, 2.75) is 50.6 Å². The number of nitrogens with one attached hydrogen (secondary N) is 1. The van der Waals surface area contributed by atoms with Gasteiger partial charge in [0.1, 0.15) is 23.1 Å². The van der Waals surface area contributed by atoms with E-state index in [2.05, 4.69) is 5.32 Å². The standard InChI is InChI=1S/C31H28Cl2F2N4O5/c1-30(2,3)12-22-31(16-10-19(34)18(33)11-20(16)38-29(31)44)23(15-5-4-6-17(32)24(15)35)25(28(42)43)39(22)21-9-13(26(36)40)7-8-14(21)27(37)41/h4-11,22-23,25H,12H2,1-3H3,(H2,36,40)(H2,37,41)(H,38,44)(H,42,43)/t22-,23-,25+,31?/m1/s1. The Morgan fingerprint density at radius 1 is 1.02 bits per heavy atom. The van der Waals surface area contributed by atoms with E-state index < -0.39 is 64.2 Å². The van der Waals surface area contributed by atoms with E-state index in [1.165, 1.54) is 47.4 Å². The van der Waals surface area contributed by atoms with Crippen LogP contribution in [0.3, 0.4) is 0 Å². The zero-order valence-electron chi connectivity index (χ0n) is 23.8. The van der Waals surface area contributed by atoms with E-state index in [0.29, 0.717) is 0 Å². The number of anilines is 2. The van der Waals surface area contributed by atoms with Crippen LogP contribution in [0.2, 0.25) is 10.0 Å². The predicted octanol–water partition coefficient (Wildman–Crippen LogP) is 5.22. The molecule has 0 saturated carbocycles. The van der Waals surface area contributed by atoms with Crippen molar-refractivity contribution in [3.63, 3.8) is 0 Å². The Hall–Kier alpha value is -4.22. The summed E-state index contributed by atoms with van der Waals surface area (Å²) in [5.41, 5.74) is 8.22. The van der Waals surface area contributed by atoms with E-state index in [4.69, 9.17) is 34.7 Å². The van der Waals surface area contributed by atoms with Gasteiger partial charge >= 0.3 is 5.97 Å². The fourth-order valence-electron chi connectivity index (χ4n) is 6.71. The Balaban J connectivity index is 1.99. The molecule has 0 aliphatic carbocycles. The third kappa shape index (κ3) is 4.75. The Morgan fingerprint density at radius 2 is 1.70 bits per heavy atom. The molecule has 44 heavy (non-hydrogen) atoms. The van der Waals surface area contributed by atoms with Crippen molar-refractivity contribution in [2.24, 2.45) is 16.9 Å². The van der Waals surface area contributed by atoms with Gasteiger partial charge in [-0.25, -0.2) is 13.6 Å². The van der Waals surface area contributed by atoms with Gasteiger partial charge in [-0.05, 0) is 59.4 Å². The molecule has 1 saturated heterocycles. The van der Waals surface area contributed by atoms with E-state index in [1.807, 2.05) is 20.8 Å². The van der Waals surface area contributed by atoms with Gasteiger partial charge in [-0.1, -0.05) is 56.1 Å². The number of rotatable bonds is 6. The number of carboxylic acids is 1. The molecule has 2 aliphatic rings. The molecule has 3 amide bonds. The van der Waals surface area contributed by atoms with Gasteiger partial charge in [-0.3, -0.25) is 14.4 Å². The lowest BCUT2D eigenvalue weighted by Gasteiger charge is -2.40. The lowest BCUT2D eigenvalue weighted by atomic mass is 9.62. The number of fused-ring (bicyclic) bond motifs is 2. The van der Waals surface area contributed by atoms with Crippen LogP contribution in [0, 0.1) is 17.0 Å². The molecule has 3 aromatic rings.